The van der Waals surface area contributed by atoms with Gasteiger partial charge in [0, 0.05) is 26.1 Å². The van der Waals surface area contributed by atoms with Gasteiger partial charge in [-0.3, -0.25) is 4.79 Å². The summed E-state index contributed by atoms with van der Waals surface area (Å²) < 4.78 is 0. The van der Waals surface area contributed by atoms with Crippen LogP contribution in [0.5, 0.6) is 0 Å². The zero-order valence-electron chi connectivity index (χ0n) is 11.2. The molecule has 0 bridgehead atoms. The van der Waals surface area contributed by atoms with E-state index in [-0.39, 0.29) is 12.5 Å². The molecule has 2 amide bonds. The Labute approximate surface area is 109 Å². The average molecular weight is 256 g/mol. The lowest BCUT2D eigenvalue weighted by Gasteiger charge is -2.17. The van der Waals surface area contributed by atoms with Gasteiger partial charge in [0.1, 0.15) is 0 Å². The lowest BCUT2D eigenvalue weighted by atomic mass is 10.0. The number of urea groups is 1. The Hall–Kier alpha value is -1.26. The molecule has 0 aromatic rings. The first-order valence-corrected chi connectivity index (χ1v) is 6.88. The molecule has 0 aromatic heterocycles. The molecule has 104 valence electrons. The molecular formula is C13H24N2O3. The number of carbonyl (C=O) groups is 2. The van der Waals surface area contributed by atoms with Crippen LogP contribution in [-0.2, 0) is 4.79 Å². The van der Waals surface area contributed by atoms with Gasteiger partial charge in [0.2, 0.25) is 0 Å². The number of hydrogen-bond donors (Lipinski definition) is 2. The van der Waals surface area contributed by atoms with Crippen LogP contribution in [0.1, 0.15) is 45.4 Å². The van der Waals surface area contributed by atoms with Gasteiger partial charge in [0.25, 0.3) is 0 Å². The van der Waals surface area contributed by atoms with Gasteiger partial charge in [0.05, 0.1) is 0 Å². The van der Waals surface area contributed by atoms with Gasteiger partial charge in [-0.05, 0) is 25.2 Å². The quantitative estimate of drug-likeness (QED) is 0.685. The van der Waals surface area contributed by atoms with Crippen LogP contribution in [0.2, 0.25) is 0 Å². The fraction of sp³-hybridized carbons (Fsp3) is 0.846. The summed E-state index contributed by atoms with van der Waals surface area (Å²) >= 11 is 0. The van der Waals surface area contributed by atoms with Crippen LogP contribution >= 0.6 is 0 Å². The molecule has 5 heteroatoms. The molecule has 1 fully saturated rings. The van der Waals surface area contributed by atoms with E-state index >= 15 is 0 Å². The van der Waals surface area contributed by atoms with Gasteiger partial charge in [0.15, 0.2) is 0 Å². The van der Waals surface area contributed by atoms with Crippen molar-refractivity contribution in [2.75, 3.05) is 19.6 Å². The molecule has 1 rings (SSSR count). The number of hydrogen-bond acceptors (Lipinski definition) is 2. The van der Waals surface area contributed by atoms with Crippen molar-refractivity contribution in [2.45, 2.75) is 45.4 Å². The van der Waals surface area contributed by atoms with Gasteiger partial charge in [-0.15, -0.1) is 0 Å². The Morgan fingerprint density at radius 1 is 1.39 bits per heavy atom. The molecule has 0 aliphatic carbocycles. The molecule has 5 nitrogen and oxygen atoms in total. The number of rotatable bonds is 7. The maximum absolute atomic E-state index is 11.8. The third-order valence-corrected chi connectivity index (χ3v) is 3.40. The van der Waals surface area contributed by atoms with Gasteiger partial charge in [-0.2, -0.15) is 0 Å². The molecule has 1 heterocycles. The largest absolute Gasteiger partial charge is 0.481 e. The predicted octanol–water partition coefficient (Wildman–Crippen LogP) is 2.07. The van der Waals surface area contributed by atoms with Crippen molar-refractivity contribution in [3.8, 4) is 0 Å². The van der Waals surface area contributed by atoms with Gasteiger partial charge < -0.3 is 15.3 Å². The first-order chi connectivity index (χ1) is 8.63. The van der Waals surface area contributed by atoms with Crippen LogP contribution < -0.4 is 5.32 Å². The molecule has 0 spiro atoms. The number of nitrogens with one attached hydrogen (secondary N) is 1. The van der Waals surface area contributed by atoms with Gasteiger partial charge in [-0.25, -0.2) is 4.79 Å². The number of amides is 2. The average Bonchev–Trinajstić information content (AvgIpc) is 2.80. The minimum Gasteiger partial charge on any atom is -0.481 e. The second kappa shape index (κ2) is 7.95. The first kappa shape index (κ1) is 14.8. The van der Waals surface area contributed by atoms with E-state index in [0.717, 1.165) is 38.8 Å². The van der Waals surface area contributed by atoms with E-state index in [0.29, 0.717) is 18.9 Å². The molecule has 0 saturated carbocycles. The minimum atomic E-state index is -0.752. The summed E-state index contributed by atoms with van der Waals surface area (Å²) in [4.78, 5) is 24.1. The summed E-state index contributed by atoms with van der Waals surface area (Å²) in [6.07, 6.45) is 5.12. The normalized spacial score (nSPS) is 18.9. The second-order valence-electron chi connectivity index (χ2n) is 4.97. The topological polar surface area (TPSA) is 69.6 Å². The summed E-state index contributed by atoms with van der Waals surface area (Å²) in [5, 5.41) is 11.5. The Morgan fingerprint density at radius 3 is 2.83 bits per heavy atom. The fourth-order valence-electron chi connectivity index (χ4n) is 2.26. The van der Waals surface area contributed by atoms with Crippen LogP contribution in [0.15, 0.2) is 0 Å². The third kappa shape index (κ3) is 5.38. The summed E-state index contributed by atoms with van der Waals surface area (Å²) in [5.41, 5.74) is 0. The third-order valence-electron chi connectivity index (χ3n) is 3.40. The van der Waals surface area contributed by atoms with Crippen LogP contribution in [0.25, 0.3) is 0 Å². The Kier molecular flexibility index (Phi) is 6.54. The van der Waals surface area contributed by atoms with Crippen LogP contribution in [0, 0.1) is 5.92 Å². The van der Waals surface area contributed by atoms with Crippen molar-refractivity contribution in [2.24, 2.45) is 5.92 Å². The van der Waals surface area contributed by atoms with Gasteiger partial charge >= 0.3 is 12.0 Å². The maximum Gasteiger partial charge on any atom is 0.317 e. The van der Waals surface area contributed by atoms with Crippen LogP contribution in [-0.4, -0.2) is 41.6 Å². The number of unbranched alkanes of at least 4 members (excludes halogenated alkanes) is 2. The van der Waals surface area contributed by atoms with E-state index in [9.17, 15) is 9.59 Å². The number of nitrogens with zero attached hydrogens (tertiary/aromatic N) is 1. The molecule has 2 N–H and O–H groups in total. The van der Waals surface area contributed by atoms with Crippen molar-refractivity contribution in [3.63, 3.8) is 0 Å². The van der Waals surface area contributed by atoms with Crippen molar-refractivity contribution in [3.05, 3.63) is 0 Å². The number of carboxylic acid groups (broad SMARTS) is 1. The van der Waals surface area contributed by atoms with E-state index in [4.69, 9.17) is 5.11 Å². The maximum atomic E-state index is 11.8. The van der Waals surface area contributed by atoms with Crippen molar-refractivity contribution >= 4 is 12.0 Å². The Balaban J connectivity index is 2.16. The molecule has 1 saturated heterocycles. The molecule has 0 aromatic carbocycles. The lowest BCUT2D eigenvalue weighted by molar-refractivity contribution is -0.137. The molecular weight excluding hydrogens is 232 g/mol. The van der Waals surface area contributed by atoms with E-state index in [1.165, 1.54) is 0 Å². The molecule has 1 aliphatic heterocycles. The summed E-state index contributed by atoms with van der Waals surface area (Å²) in [5.74, 6) is -0.403. The highest BCUT2D eigenvalue weighted by atomic mass is 16.4. The second-order valence-corrected chi connectivity index (χ2v) is 4.97. The molecule has 0 radical (unpaired) electrons. The highest BCUT2D eigenvalue weighted by Crippen LogP contribution is 2.20. The Bertz CT molecular complexity index is 281. The van der Waals surface area contributed by atoms with Crippen molar-refractivity contribution in [1.82, 2.24) is 10.2 Å². The SMILES string of the molecule is CCCCCNC(=O)N1CCC(CCC(=O)O)C1. The molecule has 1 atom stereocenters. The molecule has 18 heavy (non-hydrogen) atoms. The summed E-state index contributed by atoms with van der Waals surface area (Å²) in [6.45, 7) is 4.33. The van der Waals surface area contributed by atoms with Crippen molar-refractivity contribution < 1.29 is 14.7 Å². The fourth-order valence-corrected chi connectivity index (χ4v) is 2.26. The Morgan fingerprint density at radius 2 is 2.17 bits per heavy atom. The highest BCUT2D eigenvalue weighted by molar-refractivity contribution is 5.74. The van der Waals surface area contributed by atoms with Crippen molar-refractivity contribution in [1.29, 1.82) is 0 Å². The molecule has 1 aliphatic rings. The summed E-state index contributed by atoms with van der Waals surface area (Å²) in [7, 11) is 0. The standard InChI is InChI=1S/C13H24N2O3/c1-2-3-4-8-14-13(18)15-9-7-11(10-15)5-6-12(16)17/h11H,2-10H2,1H3,(H,14,18)(H,16,17). The number of carboxylic acids is 1. The van der Waals surface area contributed by atoms with Crippen LogP contribution in [0.4, 0.5) is 4.79 Å². The number of likely N-dealkylation sites (tertiary alicyclic amines) is 1. The number of aliphatic carboxylic acids is 1. The zero-order valence-corrected chi connectivity index (χ0v) is 11.2. The molecule has 1 unspecified atom stereocenters. The highest BCUT2D eigenvalue weighted by Gasteiger charge is 2.26. The monoisotopic (exact) mass is 256 g/mol. The number of carbonyl (C=O) groups excluding carboxylic acids is 1. The predicted molar refractivity (Wildman–Crippen MR) is 69.5 cm³/mol. The first-order valence-electron chi connectivity index (χ1n) is 6.88. The summed E-state index contributed by atoms with van der Waals surface area (Å²) in [6, 6.07) is 0.00364. The minimum absolute atomic E-state index is 0.00364. The zero-order chi connectivity index (χ0) is 13.4. The van der Waals surface area contributed by atoms with E-state index in [2.05, 4.69) is 12.2 Å². The van der Waals surface area contributed by atoms with E-state index < -0.39 is 5.97 Å². The van der Waals surface area contributed by atoms with E-state index in [1.807, 2.05) is 0 Å². The lowest BCUT2D eigenvalue weighted by Crippen LogP contribution is -2.38. The smallest absolute Gasteiger partial charge is 0.317 e. The van der Waals surface area contributed by atoms with Gasteiger partial charge in [-0.1, -0.05) is 19.8 Å². The van der Waals surface area contributed by atoms with E-state index in [1.54, 1.807) is 4.90 Å². The van der Waals surface area contributed by atoms with Crippen LogP contribution in [0.3, 0.4) is 0 Å².